The van der Waals surface area contributed by atoms with Crippen molar-refractivity contribution < 1.29 is 18.3 Å². The molecule has 0 saturated heterocycles. The van der Waals surface area contributed by atoms with Crippen LogP contribution in [0.3, 0.4) is 0 Å². The summed E-state index contributed by atoms with van der Waals surface area (Å²) in [6.45, 7) is 6.84. The van der Waals surface area contributed by atoms with E-state index in [1.807, 2.05) is 37.4 Å². The molecule has 7 nitrogen and oxygen atoms in total. The van der Waals surface area contributed by atoms with Crippen molar-refractivity contribution in [2.45, 2.75) is 36.8 Å². The third-order valence-electron chi connectivity index (χ3n) is 6.67. The van der Waals surface area contributed by atoms with Gasteiger partial charge in [-0.25, -0.2) is 13.4 Å². The number of nitrogens with one attached hydrogen (secondary N) is 1. The number of hydrogen-bond donors (Lipinski definition) is 2. The first-order valence-corrected chi connectivity index (χ1v) is 13.7. The molecule has 4 aromatic rings. The van der Waals surface area contributed by atoms with Crippen LogP contribution in [0, 0.1) is 6.92 Å². The molecule has 2 heterocycles. The molecule has 8 heteroatoms. The first-order valence-electron chi connectivity index (χ1n) is 12.1. The standard InChI is InChI=1S/C27H31N3O4S/c1-3-30(11-13-31)12-14-34-24-10-9-22(25-23-15-18(2)17-28-27(23)29-26(24)25)19-5-4-6-21(16-19)35(32,33)20-7-8-20/h4-6,9-10,15-17,20,31H,3,7-8,11-14H2,1-2H3,(H,28,29). The predicted octanol–water partition coefficient (Wildman–Crippen LogP) is 4.32. The summed E-state index contributed by atoms with van der Waals surface area (Å²) in [6, 6.07) is 13.3. The average Bonchev–Trinajstić information content (AvgIpc) is 3.66. The van der Waals surface area contributed by atoms with Gasteiger partial charge in [0.05, 0.1) is 22.3 Å². The Morgan fingerprint density at radius 3 is 2.74 bits per heavy atom. The van der Waals surface area contributed by atoms with E-state index in [0.717, 1.165) is 63.8 Å². The Bertz CT molecular complexity index is 1470. The molecular formula is C27H31N3O4S. The van der Waals surface area contributed by atoms with E-state index in [4.69, 9.17) is 4.74 Å². The van der Waals surface area contributed by atoms with Gasteiger partial charge in [-0.3, -0.25) is 4.90 Å². The Morgan fingerprint density at radius 2 is 2.00 bits per heavy atom. The zero-order valence-corrected chi connectivity index (χ0v) is 20.9. The molecule has 0 bridgehead atoms. The highest BCUT2D eigenvalue weighted by molar-refractivity contribution is 7.92. The van der Waals surface area contributed by atoms with Gasteiger partial charge in [0.1, 0.15) is 18.0 Å². The highest BCUT2D eigenvalue weighted by Gasteiger charge is 2.37. The van der Waals surface area contributed by atoms with Crippen LogP contribution in [0.5, 0.6) is 5.75 Å². The minimum absolute atomic E-state index is 0.120. The number of ether oxygens (including phenoxy) is 1. The molecule has 2 aromatic heterocycles. The van der Waals surface area contributed by atoms with Gasteiger partial charge in [0.25, 0.3) is 0 Å². The van der Waals surface area contributed by atoms with Gasteiger partial charge < -0.3 is 14.8 Å². The van der Waals surface area contributed by atoms with Crippen molar-refractivity contribution in [1.29, 1.82) is 0 Å². The maximum atomic E-state index is 12.9. The number of fused-ring (bicyclic) bond motifs is 3. The highest BCUT2D eigenvalue weighted by atomic mass is 32.2. The normalized spacial score (nSPS) is 14.3. The van der Waals surface area contributed by atoms with Crippen molar-refractivity contribution in [2.24, 2.45) is 0 Å². The number of aryl methyl sites for hydroxylation is 1. The van der Waals surface area contributed by atoms with E-state index in [0.29, 0.717) is 24.6 Å². The fourth-order valence-electron chi connectivity index (χ4n) is 4.59. The second-order valence-corrected chi connectivity index (χ2v) is 11.4. The van der Waals surface area contributed by atoms with Crippen molar-refractivity contribution >= 4 is 31.8 Å². The molecule has 184 valence electrons. The molecular weight excluding hydrogens is 462 g/mol. The van der Waals surface area contributed by atoms with Crippen molar-refractivity contribution in [3.63, 3.8) is 0 Å². The van der Waals surface area contributed by atoms with Crippen LogP contribution in [-0.4, -0.2) is 66.5 Å². The van der Waals surface area contributed by atoms with Crippen LogP contribution in [0.4, 0.5) is 0 Å². The number of nitrogens with zero attached hydrogens (tertiary/aromatic N) is 2. The zero-order chi connectivity index (χ0) is 24.6. The zero-order valence-electron chi connectivity index (χ0n) is 20.1. The van der Waals surface area contributed by atoms with Gasteiger partial charge in [-0.1, -0.05) is 19.1 Å². The molecule has 1 aliphatic rings. The molecule has 0 atom stereocenters. The number of likely N-dealkylation sites (N-methyl/N-ethyl adjacent to an activating group) is 1. The molecule has 2 aromatic carbocycles. The van der Waals surface area contributed by atoms with Crippen molar-refractivity contribution in [1.82, 2.24) is 14.9 Å². The number of rotatable bonds is 10. The Labute approximate surface area is 205 Å². The molecule has 35 heavy (non-hydrogen) atoms. The van der Waals surface area contributed by atoms with Gasteiger partial charge in [0.15, 0.2) is 9.84 Å². The van der Waals surface area contributed by atoms with E-state index < -0.39 is 9.84 Å². The summed E-state index contributed by atoms with van der Waals surface area (Å²) in [5.74, 6) is 0.723. The molecule has 1 saturated carbocycles. The van der Waals surface area contributed by atoms with Crippen LogP contribution in [0.2, 0.25) is 0 Å². The summed E-state index contributed by atoms with van der Waals surface area (Å²) >= 11 is 0. The van der Waals surface area contributed by atoms with Gasteiger partial charge in [-0.2, -0.15) is 0 Å². The maximum Gasteiger partial charge on any atom is 0.181 e. The smallest absolute Gasteiger partial charge is 0.181 e. The number of aliphatic hydroxyl groups excluding tert-OH is 1. The fraction of sp³-hybridized carbons (Fsp3) is 0.370. The summed E-state index contributed by atoms with van der Waals surface area (Å²) < 4.78 is 32.0. The lowest BCUT2D eigenvalue weighted by molar-refractivity contribution is 0.174. The largest absolute Gasteiger partial charge is 0.490 e. The van der Waals surface area contributed by atoms with Crippen molar-refractivity contribution in [2.75, 3.05) is 32.8 Å². The van der Waals surface area contributed by atoms with E-state index in [-0.39, 0.29) is 11.9 Å². The van der Waals surface area contributed by atoms with Gasteiger partial charge in [0.2, 0.25) is 0 Å². The first-order chi connectivity index (χ1) is 16.9. The van der Waals surface area contributed by atoms with E-state index >= 15 is 0 Å². The van der Waals surface area contributed by atoms with Crippen LogP contribution < -0.4 is 4.74 Å². The van der Waals surface area contributed by atoms with E-state index in [2.05, 4.69) is 27.9 Å². The number of sulfone groups is 1. The Hall–Kier alpha value is -2.94. The molecule has 0 radical (unpaired) electrons. The van der Waals surface area contributed by atoms with Gasteiger partial charge in [-0.05, 0) is 73.3 Å². The minimum Gasteiger partial charge on any atom is -0.490 e. The highest BCUT2D eigenvalue weighted by Crippen LogP contribution is 2.40. The lowest BCUT2D eigenvalue weighted by atomic mass is 9.99. The lowest BCUT2D eigenvalue weighted by Gasteiger charge is -2.19. The quantitative estimate of drug-likeness (QED) is 0.342. The number of benzene rings is 2. The third kappa shape index (κ3) is 4.66. The van der Waals surface area contributed by atoms with E-state index in [9.17, 15) is 13.5 Å². The van der Waals surface area contributed by atoms with Crippen LogP contribution in [-0.2, 0) is 9.84 Å². The molecule has 5 rings (SSSR count). The second-order valence-electron chi connectivity index (χ2n) is 9.17. The lowest BCUT2D eigenvalue weighted by Crippen LogP contribution is -2.30. The second kappa shape index (κ2) is 9.60. The Balaban J connectivity index is 1.58. The molecule has 0 unspecified atom stereocenters. The molecule has 1 aliphatic carbocycles. The number of pyridine rings is 1. The Morgan fingerprint density at radius 1 is 1.17 bits per heavy atom. The van der Waals surface area contributed by atoms with Crippen LogP contribution in [0.25, 0.3) is 33.1 Å². The summed E-state index contributed by atoms with van der Waals surface area (Å²) in [4.78, 5) is 10.5. The number of aliphatic hydroxyl groups is 1. The van der Waals surface area contributed by atoms with Crippen LogP contribution in [0.1, 0.15) is 25.3 Å². The monoisotopic (exact) mass is 493 g/mol. The molecule has 1 fully saturated rings. The van der Waals surface area contributed by atoms with Crippen LogP contribution in [0.15, 0.2) is 53.6 Å². The van der Waals surface area contributed by atoms with Gasteiger partial charge >= 0.3 is 0 Å². The molecule has 2 N–H and O–H groups in total. The van der Waals surface area contributed by atoms with E-state index in [1.165, 1.54) is 0 Å². The molecule has 0 spiro atoms. The fourth-order valence-corrected chi connectivity index (χ4v) is 6.29. The topological polar surface area (TPSA) is 95.5 Å². The summed E-state index contributed by atoms with van der Waals surface area (Å²) in [5, 5.41) is 10.9. The first kappa shape index (κ1) is 23.8. The SMILES string of the molecule is CCN(CCO)CCOc1ccc(-c2cccc(S(=O)(=O)C3CC3)c2)c2c1[nH]c1ncc(C)cc12. The van der Waals surface area contributed by atoms with Crippen molar-refractivity contribution in [3.8, 4) is 16.9 Å². The Kier molecular flexibility index (Phi) is 6.53. The summed E-state index contributed by atoms with van der Waals surface area (Å²) in [6.07, 6.45) is 3.31. The third-order valence-corrected chi connectivity index (χ3v) is 8.93. The van der Waals surface area contributed by atoms with Gasteiger partial charge in [0, 0.05) is 30.1 Å². The number of H-pyrrole nitrogens is 1. The summed E-state index contributed by atoms with van der Waals surface area (Å²) in [7, 11) is -3.29. The predicted molar refractivity (Wildman–Crippen MR) is 139 cm³/mol. The minimum atomic E-state index is -3.29. The average molecular weight is 494 g/mol. The number of aromatic amines is 1. The van der Waals surface area contributed by atoms with E-state index in [1.54, 1.807) is 12.1 Å². The van der Waals surface area contributed by atoms with Crippen molar-refractivity contribution in [3.05, 3.63) is 54.2 Å². The molecule has 0 aliphatic heterocycles. The van der Waals surface area contributed by atoms with Crippen LogP contribution >= 0.6 is 0 Å². The summed E-state index contributed by atoms with van der Waals surface area (Å²) in [5.41, 5.74) is 4.44. The number of aromatic nitrogens is 2. The maximum absolute atomic E-state index is 12.9. The molecule has 0 amide bonds. The number of hydrogen-bond acceptors (Lipinski definition) is 6. The van der Waals surface area contributed by atoms with Gasteiger partial charge in [-0.15, -0.1) is 0 Å².